The number of nitrogens with one attached hydrogen (secondary N) is 2. The molecule has 1 aliphatic rings. The van der Waals surface area contributed by atoms with Gasteiger partial charge in [0.15, 0.2) is 0 Å². The van der Waals surface area contributed by atoms with E-state index in [0.717, 1.165) is 12.1 Å². The zero-order chi connectivity index (χ0) is 15.3. The maximum atomic E-state index is 12.2. The topological polar surface area (TPSA) is 109 Å². The van der Waals surface area contributed by atoms with Crippen LogP contribution in [0.4, 0.5) is 18.9 Å². The normalized spacial score (nSPS) is 17.4. The van der Waals surface area contributed by atoms with Crippen molar-refractivity contribution >= 4 is 31.6 Å². The first-order valence-electron chi connectivity index (χ1n) is 4.74. The van der Waals surface area contributed by atoms with Crippen molar-refractivity contribution < 1.29 is 34.8 Å². The van der Waals surface area contributed by atoms with Crippen LogP contribution in [-0.2, 0) is 20.0 Å². The highest BCUT2D eigenvalue weighted by Gasteiger charge is 2.46. The van der Waals surface area contributed by atoms with Crippen molar-refractivity contribution in [3.05, 3.63) is 23.8 Å². The van der Waals surface area contributed by atoms with E-state index < -0.39 is 42.0 Å². The van der Waals surface area contributed by atoms with Gasteiger partial charge in [-0.3, -0.25) is 9.52 Å². The first-order valence-corrected chi connectivity index (χ1v) is 7.71. The van der Waals surface area contributed by atoms with Gasteiger partial charge in [-0.1, -0.05) is 0 Å². The van der Waals surface area contributed by atoms with Crippen LogP contribution < -0.4 is 9.44 Å². The van der Waals surface area contributed by atoms with Gasteiger partial charge in [0.05, 0.1) is 11.3 Å². The van der Waals surface area contributed by atoms with Gasteiger partial charge >= 0.3 is 15.5 Å². The zero-order valence-electron chi connectivity index (χ0n) is 9.22. The van der Waals surface area contributed by atoms with Crippen LogP contribution in [0.3, 0.4) is 0 Å². The van der Waals surface area contributed by atoms with Gasteiger partial charge in [-0.05, 0) is 18.2 Å². The molecule has 0 aromatic heterocycles. The number of rotatable bonds is 2. The molecule has 1 aliphatic heterocycles. The second kappa shape index (κ2) is 4.09. The average molecular weight is 330 g/mol. The van der Waals surface area contributed by atoms with Crippen molar-refractivity contribution in [1.29, 1.82) is 0 Å². The summed E-state index contributed by atoms with van der Waals surface area (Å²) in [5, 5.41) is 0. The molecule has 0 saturated carbocycles. The number of fused-ring (bicyclic) bond motifs is 1. The Bertz CT molecular complexity index is 798. The van der Waals surface area contributed by atoms with Crippen LogP contribution in [-0.4, -0.2) is 28.3 Å². The number of halogens is 3. The Kier molecular flexibility index (Phi) is 2.98. The molecular formula is C8H5F3N2O5S2. The molecule has 2 rings (SSSR count). The molecule has 0 spiro atoms. The summed E-state index contributed by atoms with van der Waals surface area (Å²) < 4.78 is 84.0. The molecule has 0 aliphatic carbocycles. The van der Waals surface area contributed by atoms with E-state index in [2.05, 4.69) is 0 Å². The minimum atomic E-state index is -5.67. The monoisotopic (exact) mass is 330 g/mol. The van der Waals surface area contributed by atoms with Gasteiger partial charge in [0.2, 0.25) is 0 Å². The van der Waals surface area contributed by atoms with Gasteiger partial charge in [-0.15, -0.1) is 0 Å². The minimum Gasteiger partial charge on any atom is -0.276 e. The summed E-state index contributed by atoms with van der Waals surface area (Å²) in [7, 11) is -9.85. The number of carbonyl (C=O) groups is 1. The Morgan fingerprint density at radius 1 is 1.20 bits per heavy atom. The third-order valence-corrected chi connectivity index (χ3v) is 4.78. The Morgan fingerprint density at radius 3 is 2.35 bits per heavy atom. The molecule has 1 amide bonds. The third kappa shape index (κ3) is 2.31. The van der Waals surface area contributed by atoms with E-state index in [-0.39, 0.29) is 5.56 Å². The van der Waals surface area contributed by atoms with Crippen molar-refractivity contribution in [3.8, 4) is 0 Å². The van der Waals surface area contributed by atoms with Crippen molar-refractivity contribution in [2.24, 2.45) is 0 Å². The van der Waals surface area contributed by atoms with E-state index in [9.17, 15) is 34.8 Å². The van der Waals surface area contributed by atoms with Crippen molar-refractivity contribution in [2.75, 3.05) is 4.72 Å². The second-order valence-corrected chi connectivity index (χ2v) is 7.02. The smallest absolute Gasteiger partial charge is 0.276 e. The molecule has 1 aromatic rings. The number of carbonyl (C=O) groups excluding carboxylic acids is 1. The van der Waals surface area contributed by atoms with E-state index in [4.69, 9.17) is 0 Å². The van der Waals surface area contributed by atoms with Gasteiger partial charge in [-0.25, -0.2) is 13.1 Å². The molecule has 0 radical (unpaired) electrons. The van der Waals surface area contributed by atoms with Gasteiger partial charge in [0, 0.05) is 0 Å². The maximum absolute atomic E-state index is 12.2. The molecule has 20 heavy (non-hydrogen) atoms. The van der Waals surface area contributed by atoms with Crippen LogP contribution in [0.2, 0.25) is 0 Å². The number of hydrogen-bond acceptors (Lipinski definition) is 5. The lowest BCUT2D eigenvalue weighted by Gasteiger charge is -2.10. The molecule has 0 unspecified atom stereocenters. The van der Waals surface area contributed by atoms with E-state index in [1.54, 1.807) is 4.72 Å². The average Bonchev–Trinajstić information content (AvgIpc) is 2.47. The number of hydrogen-bond donors (Lipinski definition) is 2. The fourth-order valence-electron chi connectivity index (χ4n) is 1.44. The van der Waals surface area contributed by atoms with Crippen molar-refractivity contribution in [3.63, 3.8) is 0 Å². The summed E-state index contributed by atoms with van der Waals surface area (Å²) in [6.07, 6.45) is 0. The second-order valence-electron chi connectivity index (χ2n) is 3.70. The lowest BCUT2D eigenvalue weighted by atomic mass is 10.2. The third-order valence-electron chi connectivity index (χ3n) is 2.30. The molecular weight excluding hydrogens is 325 g/mol. The standard InChI is InChI=1S/C8H5F3N2O5S2/c9-8(10,11)20(17,18)12-4-1-2-5-6(3-4)19(15,16)13-7(5)14/h1-3,12H,(H,13,14). The molecule has 0 atom stereocenters. The number of amides is 1. The summed E-state index contributed by atoms with van der Waals surface area (Å²) in [6.45, 7) is 0. The quantitative estimate of drug-likeness (QED) is 0.815. The van der Waals surface area contributed by atoms with Crippen LogP contribution >= 0.6 is 0 Å². The number of alkyl halides is 3. The molecule has 1 aromatic carbocycles. The SMILES string of the molecule is O=C1NS(=O)(=O)c2cc(NS(=O)(=O)C(F)(F)F)ccc21. The zero-order valence-corrected chi connectivity index (χ0v) is 10.9. The lowest BCUT2D eigenvalue weighted by Crippen LogP contribution is -2.29. The summed E-state index contributed by atoms with van der Waals surface area (Å²) in [5.41, 5.74) is -6.44. The summed E-state index contributed by atoms with van der Waals surface area (Å²) in [6, 6.07) is 2.39. The first kappa shape index (κ1) is 14.6. The maximum Gasteiger partial charge on any atom is 0.516 e. The minimum absolute atomic E-state index is 0.278. The molecule has 0 fully saturated rings. The Hall–Kier alpha value is -1.82. The van der Waals surface area contributed by atoms with Crippen molar-refractivity contribution in [2.45, 2.75) is 10.4 Å². The largest absolute Gasteiger partial charge is 0.516 e. The predicted octanol–water partition coefficient (Wildman–Crippen LogP) is 0.380. The summed E-state index contributed by atoms with van der Waals surface area (Å²) in [5.74, 6) is -0.940. The molecule has 12 heteroatoms. The molecule has 7 nitrogen and oxygen atoms in total. The highest BCUT2D eigenvalue weighted by atomic mass is 32.2. The van der Waals surface area contributed by atoms with E-state index >= 15 is 0 Å². The highest BCUT2D eigenvalue weighted by Crippen LogP contribution is 2.29. The van der Waals surface area contributed by atoms with E-state index in [1.807, 2.05) is 0 Å². The number of benzene rings is 1. The van der Waals surface area contributed by atoms with Crippen LogP contribution in [0.15, 0.2) is 23.1 Å². The molecule has 0 saturated heterocycles. The number of sulfonamides is 2. The van der Waals surface area contributed by atoms with E-state index in [1.165, 1.54) is 4.72 Å². The first-order chi connectivity index (χ1) is 8.94. The van der Waals surface area contributed by atoms with Crippen LogP contribution in [0.5, 0.6) is 0 Å². The van der Waals surface area contributed by atoms with Gasteiger partial charge < -0.3 is 0 Å². The predicted molar refractivity (Wildman–Crippen MR) is 59.7 cm³/mol. The fraction of sp³-hybridized carbons (Fsp3) is 0.125. The Morgan fingerprint density at radius 2 is 1.80 bits per heavy atom. The van der Waals surface area contributed by atoms with Crippen LogP contribution in [0, 0.1) is 0 Å². The highest BCUT2D eigenvalue weighted by molar-refractivity contribution is 7.93. The Balaban J connectivity index is 2.47. The molecule has 0 bridgehead atoms. The van der Waals surface area contributed by atoms with E-state index in [0.29, 0.717) is 6.07 Å². The van der Waals surface area contributed by atoms with Gasteiger partial charge in [0.1, 0.15) is 4.90 Å². The Labute approximate surface area is 110 Å². The van der Waals surface area contributed by atoms with Crippen molar-refractivity contribution in [1.82, 2.24) is 4.72 Å². The molecule has 1 heterocycles. The van der Waals surface area contributed by atoms with Gasteiger partial charge in [0.25, 0.3) is 15.9 Å². The van der Waals surface area contributed by atoms with Gasteiger partial charge in [-0.2, -0.15) is 21.6 Å². The number of anilines is 1. The van der Waals surface area contributed by atoms with Crippen LogP contribution in [0.1, 0.15) is 10.4 Å². The van der Waals surface area contributed by atoms with Crippen LogP contribution in [0.25, 0.3) is 0 Å². The summed E-state index contributed by atoms with van der Waals surface area (Å²) in [4.78, 5) is 10.6. The fourth-order valence-corrected chi connectivity index (χ4v) is 3.19. The lowest BCUT2D eigenvalue weighted by molar-refractivity contribution is -0.0429. The molecule has 2 N–H and O–H groups in total. The molecule has 110 valence electrons. The summed E-state index contributed by atoms with van der Waals surface area (Å²) >= 11 is 0.